The van der Waals surface area contributed by atoms with E-state index in [2.05, 4.69) is 5.32 Å². The van der Waals surface area contributed by atoms with Crippen LogP contribution in [0.2, 0.25) is 0 Å². The number of methoxy groups -OCH3 is 1. The van der Waals surface area contributed by atoms with E-state index in [-0.39, 0.29) is 6.04 Å². The Balaban J connectivity index is 2.33. The number of carboxylic acids is 1. The van der Waals surface area contributed by atoms with E-state index >= 15 is 0 Å². The molecule has 0 amide bonds. The van der Waals surface area contributed by atoms with Crippen molar-refractivity contribution in [1.29, 1.82) is 0 Å². The standard InChI is InChI=1S/C14H18FNO3/c1-8(15)13-10(4-3-5-12(13)19-2)11-6-9(7-16-11)14(17)18/h3-5,8-9,11,16H,6-7H2,1-2H3,(H,17,18). The van der Waals surface area contributed by atoms with E-state index in [1.807, 2.05) is 6.07 Å². The summed E-state index contributed by atoms with van der Waals surface area (Å²) in [5, 5.41) is 12.2. The molecule has 2 N–H and O–H groups in total. The van der Waals surface area contributed by atoms with Crippen molar-refractivity contribution >= 4 is 5.97 Å². The second kappa shape index (κ2) is 5.57. The molecular formula is C14H18FNO3. The third-order valence-corrected chi connectivity index (χ3v) is 3.57. The van der Waals surface area contributed by atoms with Gasteiger partial charge in [0.15, 0.2) is 0 Å². The average molecular weight is 267 g/mol. The summed E-state index contributed by atoms with van der Waals surface area (Å²) in [7, 11) is 1.51. The number of halogens is 1. The van der Waals surface area contributed by atoms with Crippen LogP contribution < -0.4 is 10.1 Å². The maximum absolute atomic E-state index is 13.8. The van der Waals surface area contributed by atoms with Crippen LogP contribution in [0, 0.1) is 5.92 Å². The largest absolute Gasteiger partial charge is 0.496 e. The third-order valence-electron chi connectivity index (χ3n) is 3.57. The van der Waals surface area contributed by atoms with Crippen LogP contribution in [-0.2, 0) is 4.79 Å². The van der Waals surface area contributed by atoms with Gasteiger partial charge in [-0.25, -0.2) is 4.39 Å². The van der Waals surface area contributed by atoms with E-state index in [0.717, 1.165) is 5.56 Å². The molecule has 1 fully saturated rings. The van der Waals surface area contributed by atoms with Gasteiger partial charge in [0, 0.05) is 18.2 Å². The smallest absolute Gasteiger partial charge is 0.307 e. The lowest BCUT2D eigenvalue weighted by Gasteiger charge is -2.19. The Bertz CT molecular complexity index is 476. The first-order valence-corrected chi connectivity index (χ1v) is 6.31. The first-order valence-electron chi connectivity index (χ1n) is 6.31. The quantitative estimate of drug-likeness (QED) is 0.879. The van der Waals surface area contributed by atoms with Crippen LogP contribution >= 0.6 is 0 Å². The predicted molar refractivity (Wildman–Crippen MR) is 69.0 cm³/mol. The Kier molecular flexibility index (Phi) is 4.04. The maximum Gasteiger partial charge on any atom is 0.307 e. The fraction of sp³-hybridized carbons (Fsp3) is 0.500. The zero-order chi connectivity index (χ0) is 14.0. The summed E-state index contributed by atoms with van der Waals surface area (Å²) in [6.07, 6.45) is -0.681. The van der Waals surface area contributed by atoms with Crippen molar-refractivity contribution in [2.75, 3.05) is 13.7 Å². The van der Waals surface area contributed by atoms with Crippen molar-refractivity contribution in [3.05, 3.63) is 29.3 Å². The van der Waals surface area contributed by atoms with Crippen LogP contribution in [0.5, 0.6) is 5.75 Å². The van der Waals surface area contributed by atoms with Crippen LogP contribution in [0.15, 0.2) is 18.2 Å². The lowest BCUT2D eigenvalue weighted by molar-refractivity contribution is -0.141. The lowest BCUT2D eigenvalue weighted by atomic mass is 9.93. The fourth-order valence-electron chi connectivity index (χ4n) is 2.63. The molecule has 1 aromatic rings. The second-order valence-electron chi connectivity index (χ2n) is 4.81. The minimum Gasteiger partial charge on any atom is -0.496 e. The summed E-state index contributed by atoms with van der Waals surface area (Å²) in [6.45, 7) is 1.88. The molecule has 0 aliphatic carbocycles. The molecule has 104 valence electrons. The molecule has 3 atom stereocenters. The van der Waals surface area contributed by atoms with Crippen LogP contribution in [0.1, 0.15) is 36.7 Å². The van der Waals surface area contributed by atoms with Gasteiger partial charge >= 0.3 is 5.97 Å². The molecule has 0 radical (unpaired) electrons. The van der Waals surface area contributed by atoms with E-state index in [1.54, 1.807) is 12.1 Å². The van der Waals surface area contributed by atoms with Gasteiger partial charge in [-0.05, 0) is 25.0 Å². The highest BCUT2D eigenvalue weighted by Gasteiger charge is 2.32. The summed E-state index contributed by atoms with van der Waals surface area (Å²) >= 11 is 0. The van der Waals surface area contributed by atoms with Gasteiger partial charge in [0.05, 0.1) is 13.0 Å². The predicted octanol–water partition coefficient (Wildman–Crippen LogP) is 2.46. The van der Waals surface area contributed by atoms with Crippen LogP contribution in [0.4, 0.5) is 4.39 Å². The zero-order valence-electron chi connectivity index (χ0n) is 11.0. The Morgan fingerprint density at radius 1 is 1.58 bits per heavy atom. The zero-order valence-corrected chi connectivity index (χ0v) is 11.0. The minimum absolute atomic E-state index is 0.135. The lowest BCUT2D eigenvalue weighted by Crippen LogP contribution is -2.18. The molecule has 0 spiro atoms. The maximum atomic E-state index is 13.8. The van der Waals surface area contributed by atoms with E-state index < -0.39 is 18.1 Å². The number of alkyl halides is 1. The molecule has 0 bridgehead atoms. The second-order valence-corrected chi connectivity index (χ2v) is 4.81. The van der Waals surface area contributed by atoms with E-state index in [0.29, 0.717) is 24.3 Å². The van der Waals surface area contributed by atoms with Crippen molar-refractivity contribution in [1.82, 2.24) is 5.32 Å². The van der Waals surface area contributed by atoms with Crippen molar-refractivity contribution in [3.8, 4) is 5.75 Å². The van der Waals surface area contributed by atoms with Gasteiger partial charge in [0.1, 0.15) is 11.9 Å². The van der Waals surface area contributed by atoms with Crippen LogP contribution in [-0.4, -0.2) is 24.7 Å². The van der Waals surface area contributed by atoms with E-state index in [1.165, 1.54) is 14.0 Å². The molecule has 19 heavy (non-hydrogen) atoms. The van der Waals surface area contributed by atoms with Gasteiger partial charge in [-0.3, -0.25) is 4.79 Å². The molecule has 2 rings (SSSR count). The van der Waals surface area contributed by atoms with Gasteiger partial charge in [0.25, 0.3) is 0 Å². The molecule has 3 unspecified atom stereocenters. The molecule has 1 aromatic carbocycles. The number of rotatable bonds is 4. The highest BCUT2D eigenvalue weighted by Crippen LogP contribution is 2.37. The van der Waals surface area contributed by atoms with Crippen molar-refractivity contribution < 1.29 is 19.0 Å². The first-order chi connectivity index (χ1) is 9.04. The highest BCUT2D eigenvalue weighted by atomic mass is 19.1. The molecule has 1 saturated heterocycles. The van der Waals surface area contributed by atoms with E-state index in [9.17, 15) is 9.18 Å². The summed E-state index contributed by atoms with van der Waals surface area (Å²) in [5.41, 5.74) is 1.30. The number of hydrogen-bond donors (Lipinski definition) is 2. The number of benzene rings is 1. The Hall–Kier alpha value is -1.62. The van der Waals surface area contributed by atoms with Gasteiger partial charge < -0.3 is 15.2 Å². The van der Waals surface area contributed by atoms with Crippen LogP contribution in [0.25, 0.3) is 0 Å². The van der Waals surface area contributed by atoms with Gasteiger partial charge in [0.2, 0.25) is 0 Å². The number of ether oxygens (including phenoxy) is 1. The van der Waals surface area contributed by atoms with Crippen molar-refractivity contribution in [3.63, 3.8) is 0 Å². The van der Waals surface area contributed by atoms with Crippen molar-refractivity contribution in [2.45, 2.75) is 25.6 Å². The SMILES string of the molecule is COc1cccc(C2CC(C(=O)O)CN2)c1C(C)F. The molecule has 0 aromatic heterocycles. The number of carbonyl (C=O) groups is 1. The normalized spacial score (nSPS) is 24.2. The summed E-state index contributed by atoms with van der Waals surface area (Å²) in [5.74, 6) is -0.722. The van der Waals surface area contributed by atoms with Gasteiger partial charge in [-0.1, -0.05) is 12.1 Å². The first kappa shape index (κ1) is 13.8. The topological polar surface area (TPSA) is 58.6 Å². The number of hydrogen-bond acceptors (Lipinski definition) is 3. The van der Waals surface area contributed by atoms with Gasteiger partial charge in [-0.2, -0.15) is 0 Å². The number of carboxylic acid groups (broad SMARTS) is 1. The average Bonchev–Trinajstić information content (AvgIpc) is 2.87. The number of aliphatic carboxylic acids is 1. The number of nitrogens with one attached hydrogen (secondary N) is 1. The molecule has 5 heteroatoms. The van der Waals surface area contributed by atoms with Gasteiger partial charge in [-0.15, -0.1) is 0 Å². The molecule has 4 nitrogen and oxygen atoms in total. The summed E-state index contributed by atoms with van der Waals surface area (Å²) < 4.78 is 19.0. The van der Waals surface area contributed by atoms with Crippen molar-refractivity contribution in [2.24, 2.45) is 5.92 Å². The summed E-state index contributed by atoms with van der Waals surface area (Å²) in [6, 6.07) is 5.22. The Labute approximate surface area is 111 Å². The highest BCUT2D eigenvalue weighted by molar-refractivity contribution is 5.71. The molecule has 1 heterocycles. The molecule has 1 aliphatic heterocycles. The van der Waals surface area contributed by atoms with Crippen LogP contribution in [0.3, 0.4) is 0 Å². The monoisotopic (exact) mass is 267 g/mol. The molecule has 1 aliphatic rings. The Morgan fingerprint density at radius 3 is 2.84 bits per heavy atom. The van der Waals surface area contributed by atoms with E-state index in [4.69, 9.17) is 9.84 Å². The fourth-order valence-corrected chi connectivity index (χ4v) is 2.63. The molecule has 0 saturated carbocycles. The minimum atomic E-state index is -1.16. The summed E-state index contributed by atoms with van der Waals surface area (Å²) in [4.78, 5) is 11.0. The third kappa shape index (κ3) is 2.71. The Morgan fingerprint density at radius 2 is 2.32 bits per heavy atom. The molecular weight excluding hydrogens is 249 g/mol.